The molecule has 0 radical (unpaired) electrons. The van der Waals surface area contributed by atoms with Crippen molar-refractivity contribution < 1.29 is 23.7 Å². The van der Waals surface area contributed by atoms with Crippen molar-refractivity contribution in [2.45, 2.75) is 51.7 Å². The molecule has 0 spiro atoms. The zero-order valence-electron chi connectivity index (χ0n) is 17.6. The summed E-state index contributed by atoms with van der Waals surface area (Å²) in [5.74, 6) is 0.692. The number of hydrogen-bond acceptors (Lipinski definition) is 7. The second-order valence-corrected chi connectivity index (χ2v) is 8.07. The van der Waals surface area contributed by atoms with E-state index in [1.807, 2.05) is 37.3 Å². The number of carbonyl (C=O) groups excluding carboxylic acids is 2. The van der Waals surface area contributed by atoms with Crippen LogP contribution in [0.2, 0.25) is 0 Å². The first kappa shape index (κ1) is 21.0. The lowest BCUT2D eigenvalue weighted by molar-refractivity contribution is -0.137. The number of aryl methyl sites for hydroxylation is 3. The summed E-state index contributed by atoms with van der Waals surface area (Å²) < 4.78 is 10.5. The molecule has 0 saturated carbocycles. The first-order chi connectivity index (χ1) is 14.9. The molecule has 3 aromatic rings. The third-order valence-electron chi connectivity index (χ3n) is 5.50. The number of hydrogen-bond donors (Lipinski definition) is 1. The maximum Gasteiger partial charge on any atom is 0.231 e. The van der Waals surface area contributed by atoms with E-state index in [9.17, 15) is 14.7 Å². The van der Waals surface area contributed by atoms with Gasteiger partial charge in [0.15, 0.2) is 5.78 Å². The summed E-state index contributed by atoms with van der Waals surface area (Å²) in [5, 5.41) is 17.9. The highest BCUT2D eigenvalue weighted by Gasteiger charge is 2.38. The fourth-order valence-corrected chi connectivity index (χ4v) is 3.85. The second kappa shape index (κ2) is 8.85. The Morgan fingerprint density at radius 2 is 1.84 bits per heavy atom. The van der Waals surface area contributed by atoms with Gasteiger partial charge in [-0.1, -0.05) is 40.1 Å². The van der Waals surface area contributed by atoms with E-state index < -0.39 is 12.1 Å². The van der Waals surface area contributed by atoms with Gasteiger partial charge in [0.1, 0.15) is 17.2 Å². The van der Waals surface area contributed by atoms with Gasteiger partial charge in [-0.3, -0.25) is 9.59 Å². The molecule has 8 nitrogen and oxygen atoms in total. The number of β-amino-alcohol motifs (C(OH)–C–C–N with tert-alkyl or cyclic N) is 1. The first-order valence-electron chi connectivity index (χ1n) is 10.3. The molecule has 1 fully saturated rings. The lowest BCUT2D eigenvalue weighted by atomic mass is 10.0. The van der Waals surface area contributed by atoms with Crippen molar-refractivity contribution in [1.82, 2.24) is 15.2 Å². The van der Waals surface area contributed by atoms with Crippen LogP contribution in [0.1, 0.15) is 35.6 Å². The predicted octanol–water partition coefficient (Wildman–Crippen LogP) is 2.65. The Balaban J connectivity index is 1.37. The number of nitrogens with zero attached hydrogens (tertiary/aromatic N) is 3. The number of ketones is 1. The average Bonchev–Trinajstić information content (AvgIpc) is 3.47. The molecule has 4 rings (SSSR count). The molecule has 1 aromatic carbocycles. The largest absolute Gasteiger partial charge is 0.391 e. The third-order valence-corrected chi connectivity index (χ3v) is 5.50. The predicted molar refractivity (Wildman–Crippen MR) is 111 cm³/mol. The highest BCUT2D eigenvalue weighted by Crippen LogP contribution is 2.24. The number of likely N-dealkylation sites (tertiary alicyclic amines) is 1. The van der Waals surface area contributed by atoms with Crippen LogP contribution < -0.4 is 0 Å². The summed E-state index contributed by atoms with van der Waals surface area (Å²) in [6.45, 7) is 3.93. The molecular formula is C23H25N3O5. The Labute approximate surface area is 179 Å². The van der Waals surface area contributed by atoms with E-state index in [0.717, 1.165) is 16.8 Å². The van der Waals surface area contributed by atoms with Crippen molar-refractivity contribution in [2.24, 2.45) is 0 Å². The zero-order valence-corrected chi connectivity index (χ0v) is 17.6. The van der Waals surface area contributed by atoms with Crippen LogP contribution in [0.25, 0.3) is 11.3 Å². The Hall–Kier alpha value is -3.26. The van der Waals surface area contributed by atoms with Gasteiger partial charge < -0.3 is 19.1 Å². The quantitative estimate of drug-likeness (QED) is 0.622. The molecular weight excluding hydrogens is 398 g/mol. The third kappa shape index (κ3) is 4.91. The molecule has 2 aromatic heterocycles. The first-order valence-corrected chi connectivity index (χ1v) is 10.3. The minimum absolute atomic E-state index is 0.0132. The van der Waals surface area contributed by atoms with E-state index in [1.54, 1.807) is 13.0 Å². The minimum atomic E-state index is -0.715. The molecule has 0 bridgehead atoms. The maximum absolute atomic E-state index is 12.8. The molecule has 0 aliphatic carbocycles. The average molecular weight is 423 g/mol. The summed E-state index contributed by atoms with van der Waals surface area (Å²) in [6, 6.07) is 10.8. The summed E-state index contributed by atoms with van der Waals surface area (Å²) in [4.78, 5) is 27.0. The van der Waals surface area contributed by atoms with Crippen LogP contribution in [0.15, 0.2) is 45.4 Å². The molecule has 8 heteroatoms. The van der Waals surface area contributed by atoms with Crippen molar-refractivity contribution in [1.29, 1.82) is 0 Å². The van der Waals surface area contributed by atoms with Crippen molar-refractivity contribution in [3.63, 3.8) is 0 Å². The van der Waals surface area contributed by atoms with Crippen LogP contribution in [0.3, 0.4) is 0 Å². The van der Waals surface area contributed by atoms with Gasteiger partial charge in [0.25, 0.3) is 0 Å². The van der Waals surface area contributed by atoms with Crippen molar-refractivity contribution in [3.8, 4) is 11.3 Å². The normalized spacial score (nSPS) is 18.5. The fourth-order valence-electron chi connectivity index (χ4n) is 3.85. The van der Waals surface area contributed by atoms with Gasteiger partial charge in [-0.2, -0.15) is 0 Å². The van der Waals surface area contributed by atoms with Crippen molar-refractivity contribution >= 4 is 11.7 Å². The fraction of sp³-hybridized carbons (Fsp3) is 0.391. The van der Waals surface area contributed by atoms with Gasteiger partial charge in [0, 0.05) is 43.5 Å². The standard InChI is InChI=1S/C23H25N3O5/c1-14-3-5-16(6-4-14)20-11-18(30-25-20)7-8-22(28)21-10-17(27)13-26(21)23(29)12-19-9-15(2)24-31-19/h3-6,9,11,17,21,27H,7-8,10,12-13H2,1-2H3/t17-,21+/m1/s1. The van der Waals surface area contributed by atoms with Gasteiger partial charge in [-0.25, -0.2) is 0 Å². The molecule has 1 aliphatic heterocycles. The number of rotatable bonds is 7. The van der Waals surface area contributed by atoms with E-state index in [0.29, 0.717) is 23.6 Å². The smallest absolute Gasteiger partial charge is 0.231 e. The Morgan fingerprint density at radius 3 is 2.55 bits per heavy atom. The van der Waals surface area contributed by atoms with E-state index in [1.165, 1.54) is 4.90 Å². The molecule has 1 N–H and O–H groups in total. The van der Waals surface area contributed by atoms with Crippen LogP contribution in [-0.2, 0) is 22.4 Å². The number of Topliss-reactive ketones (excluding diaryl/α,β-unsaturated/α-hetero) is 1. The monoisotopic (exact) mass is 423 g/mol. The topological polar surface area (TPSA) is 110 Å². The number of amides is 1. The van der Waals surface area contributed by atoms with Gasteiger partial charge in [-0.15, -0.1) is 0 Å². The number of aliphatic hydroxyl groups is 1. The number of aliphatic hydroxyl groups excluding tert-OH is 1. The second-order valence-electron chi connectivity index (χ2n) is 8.07. The Bertz CT molecular complexity index is 1070. The molecule has 0 unspecified atom stereocenters. The maximum atomic E-state index is 12.8. The van der Waals surface area contributed by atoms with Crippen molar-refractivity contribution in [3.05, 3.63) is 59.2 Å². The van der Waals surface area contributed by atoms with E-state index in [2.05, 4.69) is 10.3 Å². The summed E-state index contributed by atoms with van der Waals surface area (Å²) in [7, 11) is 0. The Morgan fingerprint density at radius 1 is 1.10 bits per heavy atom. The SMILES string of the molecule is Cc1ccc(-c2cc(CCC(=O)[C@@H]3C[C@@H](O)CN3C(=O)Cc3cc(C)no3)on2)cc1. The molecule has 31 heavy (non-hydrogen) atoms. The lowest BCUT2D eigenvalue weighted by Crippen LogP contribution is -2.41. The lowest BCUT2D eigenvalue weighted by Gasteiger charge is -2.22. The van der Waals surface area contributed by atoms with E-state index in [4.69, 9.17) is 9.05 Å². The molecule has 3 heterocycles. The van der Waals surface area contributed by atoms with E-state index in [-0.39, 0.29) is 37.5 Å². The highest BCUT2D eigenvalue weighted by molar-refractivity contribution is 5.90. The van der Waals surface area contributed by atoms with E-state index >= 15 is 0 Å². The molecule has 162 valence electrons. The summed E-state index contributed by atoms with van der Waals surface area (Å²) >= 11 is 0. The van der Waals surface area contributed by atoms with Crippen LogP contribution >= 0.6 is 0 Å². The van der Waals surface area contributed by atoms with Gasteiger partial charge >= 0.3 is 0 Å². The van der Waals surface area contributed by atoms with Gasteiger partial charge in [0.05, 0.1) is 24.3 Å². The highest BCUT2D eigenvalue weighted by atomic mass is 16.5. The van der Waals surface area contributed by atoms with Crippen molar-refractivity contribution in [2.75, 3.05) is 6.54 Å². The molecule has 1 saturated heterocycles. The zero-order chi connectivity index (χ0) is 22.0. The molecule has 2 atom stereocenters. The van der Waals surface area contributed by atoms with Gasteiger partial charge in [-0.05, 0) is 13.8 Å². The number of aromatic nitrogens is 2. The van der Waals surface area contributed by atoms with Gasteiger partial charge in [0.2, 0.25) is 5.91 Å². The minimum Gasteiger partial charge on any atom is -0.391 e. The summed E-state index contributed by atoms with van der Waals surface area (Å²) in [5.41, 5.74) is 3.52. The number of benzene rings is 1. The van der Waals surface area contributed by atoms with Crippen LogP contribution in [0.5, 0.6) is 0 Å². The van der Waals surface area contributed by atoms with Crippen LogP contribution in [0.4, 0.5) is 0 Å². The molecule has 1 aliphatic rings. The van der Waals surface area contributed by atoms with Crippen LogP contribution in [-0.4, -0.2) is 50.7 Å². The Kier molecular flexibility index (Phi) is 5.99. The summed E-state index contributed by atoms with van der Waals surface area (Å²) in [6.07, 6.45) is 0.121. The molecule has 1 amide bonds. The van der Waals surface area contributed by atoms with Crippen LogP contribution in [0, 0.1) is 13.8 Å². The number of carbonyl (C=O) groups is 2.